The predicted octanol–water partition coefficient (Wildman–Crippen LogP) is 1.49. The fourth-order valence-corrected chi connectivity index (χ4v) is 0.957. The zero-order chi connectivity index (χ0) is 10.8. The van der Waals surface area contributed by atoms with E-state index >= 15 is 0 Å². The Kier molecular flexibility index (Phi) is 7.96. The highest BCUT2D eigenvalue weighted by Gasteiger charge is 1.97. The molecular weight excluding hydrogens is 180 g/mol. The van der Waals surface area contributed by atoms with Gasteiger partial charge in [-0.1, -0.05) is 31.6 Å². The van der Waals surface area contributed by atoms with Crippen molar-refractivity contribution in [1.82, 2.24) is 0 Å². The summed E-state index contributed by atoms with van der Waals surface area (Å²) in [6, 6.07) is 0. The maximum atomic E-state index is 10.3. The Hall–Kier alpha value is -1.01. The molecule has 0 aromatic heterocycles. The summed E-state index contributed by atoms with van der Waals surface area (Å²) in [6.45, 7) is 3.51. The molecule has 0 aromatic rings. The van der Waals surface area contributed by atoms with Crippen molar-refractivity contribution >= 4 is 5.97 Å². The third-order valence-corrected chi connectivity index (χ3v) is 1.70. The average Bonchev–Trinajstić information content (AvgIpc) is 2.13. The summed E-state index contributed by atoms with van der Waals surface area (Å²) in [4.78, 5) is 10.3. The summed E-state index contributed by atoms with van der Waals surface area (Å²) in [5.74, 6) is 4.88. The van der Waals surface area contributed by atoms with Crippen LogP contribution in [-0.2, 0) is 9.53 Å². The van der Waals surface area contributed by atoms with Gasteiger partial charge in [0.05, 0.1) is 0 Å². The average molecular weight is 198 g/mol. The van der Waals surface area contributed by atoms with Crippen LogP contribution in [0.1, 0.15) is 39.5 Å². The van der Waals surface area contributed by atoms with Crippen LogP contribution >= 0.6 is 0 Å². The fourth-order valence-electron chi connectivity index (χ4n) is 0.957. The largest absolute Gasteiger partial charge is 0.453 e. The van der Waals surface area contributed by atoms with E-state index in [1.165, 1.54) is 6.92 Å². The van der Waals surface area contributed by atoms with Crippen LogP contribution in [0.5, 0.6) is 0 Å². The second-order valence-electron chi connectivity index (χ2n) is 3.11. The van der Waals surface area contributed by atoms with Gasteiger partial charge in [0.15, 0.2) is 6.61 Å². The van der Waals surface area contributed by atoms with Gasteiger partial charge in [-0.05, 0) is 12.8 Å². The van der Waals surface area contributed by atoms with Crippen LogP contribution in [0, 0.1) is 11.8 Å². The van der Waals surface area contributed by atoms with Gasteiger partial charge in [0.1, 0.15) is 6.10 Å². The number of aliphatic hydroxyl groups excluding tert-OH is 1. The molecule has 0 heterocycles. The number of hydrogen-bond donors (Lipinski definition) is 1. The number of rotatable bonds is 5. The number of aliphatic hydroxyl groups is 1. The Bertz CT molecular complexity index is 212. The molecule has 0 fully saturated rings. The van der Waals surface area contributed by atoms with Crippen molar-refractivity contribution in [3.8, 4) is 11.8 Å². The molecule has 1 N–H and O–H groups in total. The smallest absolute Gasteiger partial charge is 0.303 e. The number of esters is 1. The Morgan fingerprint density at radius 1 is 1.50 bits per heavy atom. The number of unbranched alkanes of at least 4 members (excludes halogenated alkanes) is 2. The zero-order valence-electron chi connectivity index (χ0n) is 8.88. The minimum atomic E-state index is -0.586. The molecule has 3 heteroatoms. The highest BCUT2D eigenvalue weighted by Crippen LogP contribution is 2.01. The van der Waals surface area contributed by atoms with Gasteiger partial charge in [0.25, 0.3) is 0 Å². The monoisotopic (exact) mass is 198 g/mol. The van der Waals surface area contributed by atoms with Gasteiger partial charge < -0.3 is 9.84 Å². The van der Waals surface area contributed by atoms with Crippen molar-refractivity contribution in [1.29, 1.82) is 0 Å². The first-order chi connectivity index (χ1) is 6.66. The molecule has 0 radical (unpaired) electrons. The molecule has 0 aromatic carbocycles. The molecule has 0 saturated heterocycles. The minimum absolute atomic E-state index is 0.0696. The third kappa shape index (κ3) is 9.08. The van der Waals surface area contributed by atoms with E-state index in [2.05, 4.69) is 23.5 Å². The van der Waals surface area contributed by atoms with Gasteiger partial charge in [-0.2, -0.15) is 0 Å². The van der Waals surface area contributed by atoms with Crippen molar-refractivity contribution in [3.63, 3.8) is 0 Å². The molecule has 14 heavy (non-hydrogen) atoms. The van der Waals surface area contributed by atoms with E-state index in [1.54, 1.807) is 0 Å². The van der Waals surface area contributed by atoms with E-state index in [0.717, 1.165) is 19.3 Å². The van der Waals surface area contributed by atoms with Crippen molar-refractivity contribution in [2.24, 2.45) is 0 Å². The Morgan fingerprint density at radius 2 is 2.21 bits per heavy atom. The number of carbonyl (C=O) groups is 1. The molecule has 1 atom stereocenters. The van der Waals surface area contributed by atoms with Gasteiger partial charge in [0.2, 0.25) is 0 Å². The van der Waals surface area contributed by atoms with Gasteiger partial charge in [0, 0.05) is 6.92 Å². The summed E-state index contributed by atoms with van der Waals surface area (Å²) < 4.78 is 4.59. The lowest BCUT2D eigenvalue weighted by atomic mass is 10.1. The minimum Gasteiger partial charge on any atom is -0.453 e. The number of hydrogen-bond acceptors (Lipinski definition) is 3. The molecule has 3 nitrogen and oxygen atoms in total. The normalized spacial score (nSPS) is 11.4. The molecular formula is C11H18O3. The van der Waals surface area contributed by atoms with E-state index in [4.69, 9.17) is 0 Å². The standard InChI is InChI=1S/C11H18O3/c1-3-4-5-7-11(13)8-6-9-14-10(2)12/h11,13H,3-5,7,9H2,1-2H3. The highest BCUT2D eigenvalue weighted by molar-refractivity contribution is 5.66. The summed E-state index contributed by atoms with van der Waals surface area (Å²) in [5.41, 5.74) is 0. The lowest BCUT2D eigenvalue weighted by Gasteiger charge is -2.01. The van der Waals surface area contributed by atoms with Gasteiger partial charge in [-0.25, -0.2) is 0 Å². The van der Waals surface area contributed by atoms with Crippen LogP contribution in [0.3, 0.4) is 0 Å². The van der Waals surface area contributed by atoms with Crippen molar-refractivity contribution in [2.45, 2.75) is 45.6 Å². The first-order valence-corrected chi connectivity index (χ1v) is 4.96. The van der Waals surface area contributed by atoms with Crippen LogP contribution < -0.4 is 0 Å². The molecule has 0 rings (SSSR count). The molecule has 1 unspecified atom stereocenters. The topological polar surface area (TPSA) is 46.5 Å². The molecule has 0 aliphatic heterocycles. The molecule has 80 valence electrons. The second-order valence-corrected chi connectivity index (χ2v) is 3.11. The van der Waals surface area contributed by atoms with E-state index in [1.807, 2.05) is 0 Å². The summed E-state index contributed by atoms with van der Waals surface area (Å²) >= 11 is 0. The summed E-state index contributed by atoms with van der Waals surface area (Å²) in [5, 5.41) is 9.33. The highest BCUT2D eigenvalue weighted by atomic mass is 16.5. The number of ether oxygens (including phenoxy) is 1. The van der Waals surface area contributed by atoms with Gasteiger partial charge in [-0.15, -0.1) is 0 Å². The molecule has 0 saturated carbocycles. The van der Waals surface area contributed by atoms with Crippen LogP contribution in [0.2, 0.25) is 0 Å². The van der Waals surface area contributed by atoms with Crippen LogP contribution in [0.4, 0.5) is 0 Å². The van der Waals surface area contributed by atoms with E-state index in [-0.39, 0.29) is 12.6 Å². The van der Waals surface area contributed by atoms with Gasteiger partial charge in [-0.3, -0.25) is 4.79 Å². The van der Waals surface area contributed by atoms with Crippen molar-refractivity contribution in [2.75, 3.05) is 6.61 Å². The summed E-state index contributed by atoms with van der Waals surface area (Å²) in [7, 11) is 0. The second kappa shape index (κ2) is 8.58. The van der Waals surface area contributed by atoms with Crippen LogP contribution in [0.25, 0.3) is 0 Å². The lowest BCUT2D eigenvalue weighted by Crippen LogP contribution is -2.04. The quantitative estimate of drug-likeness (QED) is 0.413. The maximum absolute atomic E-state index is 10.3. The van der Waals surface area contributed by atoms with E-state index < -0.39 is 6.10 Å². The van der Waals surface area contributed by atoms with Crippen molar-refractivity contribution < 1.29 is 14.6 Å². The number of carbonyl (C=O) groups excluding carboxylic acids is 1. The zero-order valence-corrected chi connectivity index (χ0v) is 8.88. The van der Waals surface area contributed by atoms with Crippen LogP contribution in [0.15, 0.2) is 0 Å². The van der Waals surface area contributed by atoms with Crippen molar-refractivity contribution in [3.05, 3.63) is 0 Å². The Balaban J connectivity index is 3.48. The van der Waals surface area contributed by atoms with Gasteiger partial charge >= 0.3 is 5.97 Å². The Labute approximate surface area is 85.5 Å². The van der Waals surface area contributed by atoms with E-state index in [9.17, 15) is 9.90 Å². The SMILES string of the molecule is CCCCCC(O)C#CCOC(C)=O. The summed E-state index contributed by atoms with van der Waals surface area (Å²) in [6.07, 6.45) is 3.34. The molecule has 0 bridgehead atoms. The molecule has 0 spiro atoms. The fraction of sp³-hybridized carbons (Fsp3) is 0.727. The molecule has 0 aliphatic rings. The predicted molar refractivity (Wildman–Crippen MR) is 54.6 cm³/mol. The molecule has 0 amide bonds. The first kappa shape index (κ1) is 13.0. The Morgan fingerprint density at radius 3 is 2.79 bits per heavy atom. The molecule has 0 aliphatic carbocycles. The lowest BCUT2D eigenvalue weighted by molar-refractivity contribution is -0.139. The third-order valence-electron chi connectivity index (χ3n) is 1.70. The van der Waals surface area contributed by atoms with Crippen LogP contribution in [-0.4, -0.2) is 23.8 Å². The first-order valence-electron chi connectivity index (χ1n) is 4.96. The van der Waals surface area contributed by atoms with E-state index in [0.29, 0.717) is 6.42 Å². The maximum Gasteiger partial charge on any atom is 0.303 e.